The van der Waals surface area contributed by atoms with Crippen LogP contribution in [0.15, 0.2) is 60.7 Å². The molecule has 2 aromatic carbocycles. The zero-order valence-electron chi connectivity index (χ0n) is 11.3. The number of hydrogen-bond acceptors (Lipinski definition) is 1. The van der Waals surface area contributed by atoms with Gasteiger partial charge in [0.05, 0.1) is 5.92 Å². The molecule has 0 heterocycles. The molecule has 0 aliphatic heterocycles. The molecular weight excluding hydrogens is 305 g/mol. The summed E-state index contributed by atoms with van der Waals surface area (Å²) in [5, 5.41) is 2.91. The molecule has 0 bridgehead atoms. The molecule has 2 nitrogen and oxygen atoms in total. The minimum Gasteiger partial charge on any atom is -0.352 e. The largest absolute Gasteiger partial charge is 0.352 e. The van der Waals surface area contributed by atoms with Crippen molar-refractivity contribution in [2.45, 2.75) is 16.8 Å². The van der Waals surface area contributed by atoms with Crippen molar-refractivity contribution >= 4 is 29.1 Å². The van der Waals surface area contributed by atoms with E-state index in [9.17, 15) is 4.79 Å². The normalized spacial score (nSPS) is 22.6. The summed E-state index contributed by atoms with van der Waals surface area (Å²) in [6, 6.07) is 19.5. The molecule has 1 aliphatic rings. The lowest BCUT2D eigenvalue weighted by Crippen LogP contribution is -2.26. The highest BCUT2D eigenvalue weighted by atomic mass is 35.5. The number of amides is 1. The first-order chi connectivity index (χ1) is 10.1. The van der Waals surface area contributed by atoms with Gasteiger partial charge in [0.1, 0.15) is 4.33 Å². The summed E-state index contributed by atoms with van der Waals surface area (Å²) in [4.78, 5) is 12.3. The van der Waals surface area contributed by atoms with E-state index in [1.54, 1.807) is 0 Å². The van der Waals surface area contributed by atoms with Crippen molar-refractivity contribution < 1.29 is 4.79 Å². The summed E-state index contributed by atoms with van der Waals surface area (Å²) in [6.45, 7) is 0.488. The van der Waals surface area contributed by atoms with Crippen LogP contribution >= 0.6 is 23.2 Å². The maximum absolute atomic E-state index is 12.3. The maximum atomic E-state index is 12.3. The van der Waals surface area contributed by atoms with Gasteiger partial charge in [0, 0.05) is 12.5 Å². The third kappa shape index (κ3) is 2.92. The number of rotatable bonds is 4. The van der Waals surface area contributed by atoms with E-state index in [1.165, 1.54) is 0 Å². The molecule has 1 saturated carbocycles. The highest BCUT2D eigenvalue weighted by Gasteiger charge is 2.67. The molecular formula is C17H15Cl2NO. The van der Waals surface area contributed by atoms with Crippen molar-refractivity contribution in [1.82, 2.24) is 5.32 Å². The van der Waals surface area contributed by atoms with E-state index in [2.05, 4.69) is 5.32 Å². The predicted molar refractivity (Wildman–Crippen MR) is 85.4 cm³/mol. The van der Waals surface area contributed by atoms with E-state index in [4.69, 9.17) is 23.2 Å². The molecule has 2 unspecified atom stereocenters. The second-order valence-corrected chi connectivity index (χ2v) is 6.69. The molecule has 1 amide bonds. The van der Waals surface area contributed by atoms with Crippen molar-refractivity contribution in [3.05, 3.63) is 71.8 Å². The number of hydrogen-bond donors (Lipinski definition) is 1. The minimum atomic E-state index is -1.01. The van der Waals surface area contributed by atoms with Gasteiger partial charge >= 0.3 is 0 Å². The average Bonchev–Trinajstić information content (AvgIpc) is 3.09. The van der Waals surface area contributed by atoms with E-state index in [0.717, 1.165) is 11.1 Å². The van der Waals surface area contributed by atoms with Crippen LogP contribution in [0.4, 0.5) is 0 Å². The molecule has 1 fully saturated rings. The highest BCUT2D eigenvalue weighted by Crippen LogP contribution is 2.64. The molecule has 0 radical (unpaired) electrons. The van der Waals surface area contributed by atoms with Crippen LogP contribution in [0.3, 0.4) is 0 Å². The third-order valence-electron chi connectivity index (χ3n) is 3.80. The number of benzene rings is 2. The van der Waals surface area contributed by atoms with Crippen LogP contribution in [-0.2, 0) is 11.3 Å². The number of alkyl halides is 2. The topological polar surface area (TPSA) is 29.1 Å². The van der Waals surface area contributed by atoms with E-state index >= 15 is 0 Å². The van der Waals surface area contributed by atoms with Gasteiger partial charge in [-0.3, -0.25) is 4.79 Å². The van der Waals surface area contributed by atoms with Crippen LogP contribution in [0.2, 0.25) is 0 Å². The van der Waals surface area contributed by atoms with Crippen molar-refractivity contribution in [3.8, 4) is 0 Å². The average molecular weight is 320 g/mol. The van der Waals surface area contributed by atoms with Crippen LogP contribution in [0, 0.1) is 5.92 Å². The van der Waals surface area contributed by atoms with E-state index in [1.807, 2.05) is 60.7 Å². The molecule has 2 atom stereocenters. The smallest absolute Gasteiger partial charge is 0.227 e. The van der Waals surface area contributed by atoms with Crippen LogP contribution in [0.1, 0.15) is 17.0 Å². The molecule has 108 valence electrons. The first-order valence-electron chi connectivity index (χ1n) is 6.85. The Morgan fingerprint density at radius 1 is 1.00 bits per heavy atom. The first-order valence-corrected chi connectivity index (χ1v) is 7.60. The monoisotopic (exact) mass is 319 g/mol. The van der Waals surface area contributed by atoms with Crippen molar-refractivity contribution in [2.75, 3.05) is 0 Å². The fourth-order valence-electron chi connectivity index (χ4n) is 2.62. The number of carbonyl (C=O) groups is 1. The summed E-state index contributed by atoms with van der Waals surface area (Å²) in [5.74, 6) is -0.637. The quantitative estimate of drug-likeness (QED) is 0.851. The van der Waals surface area contributed by atoms with Crippen LogP contribution in [-0.4, -0.2) is 10.2 Å². The van der Waals surface area contributed by atoms with Gasteiger partial charge in [-0.15, -0.1) is 23.2 Å². The molecule has 0 spiro atoms. The highest BCUT2D eigenvalue weighted by molar-refractivity contribution is 6.53. The van der Waals surface area contributed by atoms with Gasteiger partial charge in [-0.05, 0) is 11.1 Å². The van der Waals surface area contributed by atoms with Gasteiger partial charge in [-0.25, -0.2) is 0 Å². The summed E-state index contributed by atoms with van der Waals surface area (Å²) >= 11 is 12.6. The first kappa shape index (κ1) is 14.4. The van der Waals surface area contributed by atoms with Crippen LogP contribution in [0.25, 0.3) is 0 Å². The Morgan fingerprint density at radius 3 is 2.19 bits per heavy atom. The molecule has 3 rings (SSSR count). The third-order valence-corrected chi connectivity index (χ3v) is 4.74. The van der Waals surface area contributed by atoms with E-state index in [-0.39, 0.29) is 11.8 Å². The SMILES string of the molecule is O=C(NCc1ccccc1)C1C(c2ccccc2)C1(Cl)Cl. The Labute approximate surface area is 134 Å². The fourth-order valence-corrected chi connectivity index (χ4v) is 3.45. The molecule has 1 N–H and O–H groups in total. The number of halogens is 2. The second kappa shape index (κ2) is 5.70. The molecule has 2 aromatic rings. The zero-order chi connectivity index (χ0) is 14.9. The van der Waals surface area contributed by atoms with Gasteiger partial charge < -0.3 is 5.32 Å². The number of nitrogens with one attached hydrogen (secondary N) is 1. The second-order valence-electron chi connectivity index (χ2n) is 5.24. The molecule has 21 heavy (non-hydrogen) atoms. The molecule has 4 heteroatoms. The van der Waals surface area contributed by atoms with Gasteiger partial charge in [-0.2, -0.15) is 0 Å². The van der Waals surface area contributed by atoms with Crippen molar-refractivity contribution in [1.29, 1.82) is 0 Å². The molecule has 0 saturated heterocycles. The summed E-state index contributed by atoms with van der Waals surface area (Å²) in [5.41, 5.74) is 2.06. The lowest BCUT2D eigenvalue weighted by molar-refractivity contribution is -0.122. The van der Waals surface area contributed by atoms with Gasteiger partial charge in [-0.1, -0.05) is 60.7 Å². The molecule has 1 aliphatic carbocycles. The van der Waals surface area contributed by atoms with E-state index in [0.29, 0.717) is 6.54 Å². The van der Waals surface area contributed by atoms with Crippen LogP contribution in [0.5, 0.6) is 0 Å². The van der Waals surface area contributed by atoms with E-state index < -0.39 is 10.3 Å². The maximum Gasteiger partial charge on any atom is 0.227 e. The Bertz CT molecular complexity index is 628. The van der Waals surface area contributed by atoms with Crippen molar-refractivity contribution in [3.63, 3.8) is 0 Å². The Morgan fingerprint density at radius 2 is 1.57 bits per heavy atom. The van der Waals surface area contributed by atoms with Gasteiger partial charge in [0.15, 0.2) is 0 Å². The van der Waals surface area contributed by atoms with Crippen LogP contribution < -0.4 is 5.32 Å². The molecule has 0 aromatic heterocycles. The predicted octanol–water partition coefficient (Wildman–Crippen LogP) is 3.89. The lowest BCUT2D eigenvalue weighted by atomic mass is 10.1. The Kier molecular flexibility index (Phi) is 3.92. The standard InChI is InChI=1S/C17H15Cl2NO/c18-17(19)14(13-9-5-2-6-10-13)15(17)16(21)20-11-12-7-3-1-4-8-12/h1-10,14-15H,11H2,(H,20,21). The number of carbonyl (C=O) groups excluding carboxylic acids is 1. The van der Waals surface area contributed by atoms with Gasteiger partial charge in [0.2, 0.25) is 5.91 Å². The van der Waals surface area contributed by atoms with Gasteiger partial charge in [0.25, 0.3) is 0 Å². The fraction of sp³-hybridized carbons (Fsp3) is 0.235. The summed E-state index contributed by atoms with van der Waals surface area (Å²) in [7, 11) is 0. The summed E-state index contributed by atoms with van der Waals surface area (Å²) in [6.07, 6.45) is 0. The Balaban J connectivity index is 1.66. The Hall–Kier alpha value is -1.51. The van der Waals surface area contributed by atoms with Crippen molar-refractivity contribution in [2.24, 2.45) is 5.92 Å². The minimum absolute atomic E-state index is 0.0993. The zero-order valence-corrected chi connectivity index (χ0v) is 12.8. The lowest BCUT2D eigenvalue weighted by Gasteiger charge is -2.05. The summed E-state index contributed by atoms with van der Waals surface area (Å²) < 4.78 is -1.01.